The van der Waals surface area contributed by atoms with E-state index in [1.54, 1.807) is 124 Å². The Kier molecular flexibility index (Phi) is 18.7. The molecule has 3 aliphatic carbocycles. The molecule has 636 valence electrons. The van der Waals surface area contributed by atoms with Crippen LogP contribution in [0.15, 0.2) is 152 Å². The molecule has 0 unspecified atom stereocenters. The van der Waals surface area contributed by atoms with Crippen molar-refractivity contribution >= 4 is 155 Å². The molecule has 12 aliphatic rings. The lowest BCUT2D eigenvalue weighted by molar-refractivity contribution is -0.129. The molecule has 7 N–H and O–H groups in total. The summed E-state index contributed by atoms with van der Waals surface area (Å²) in [6, 6.07) is 37.8. The van der Waals surface area contributed by atoms with Crippen molar-refractivity contribution in [1.29, 1.82) is 0 Å². The number of carbonyl (C=O) groups excluding carboxylic acids is 4. The minimum atomic E-state index is -1.30. The van der Waals surface area contributed by atoms with E-state index in [1.807, 2.05) is 18.2 Å². The van der Waals surface area contributed by atoms with E-state index in [2.05, 4.69) is 35.6 Å². The number of amides is 4. The molecule has 9 aliphatic heterocycles. The van der Waals surface area contributed by atoms with Gasteiger partial charge in [-0.3, -0.25) is 33.9 Å². The highest BCUT2D eigenvalue weighted by Crippen LogP contribution is 2.68. The van der Waals surface area contributed by atoms with Gasteiger partial charge >= 0.3 is 11.9 Å². The standard InChI is InChI=1S/2C31H25Cl2FN4O4.C29H23Cl2FN6O3/c1-14-17(29(39)40)8-10-21-24(14)28-38(36-21)27-23(13-42-28)37(12-15-5-6-15)31(25(27)18-3-2-4-20(33)26(18)34)19-9-7-16(32)11-22(19)35-30(31)41;32-17-7-8-20-23(13-17)35-30(41)31(20)25(18-2-1-3-21(33)26(18)34)27-24(37(31)14-15-4-5-15)10-11-42-28-19-12-16(29(39)40)6-9-22(19)36-38(27)28;30-15-4-6-18-20(10-15)35-28(40)29(18)22(17-7-8-34-25(31)23(17)32)24-21(37(29)11-13-1-2-13)12-41-27-16-5-3-14(26(33)39)9-19(16)36-38(24)27/h2-4,7-11,15,23,25,27H,5-6,12-13H2,1H3,(H,35,41)(H,39,40);1-3,6-9,12-13,15,24-25,27H,4-5,10-11,14H2,(H,35,41)(H,39,40);3-10,13,21-22,24H,1-2,11-12H2,(H2,33,39)(H,35,40)/t23-,25-,27+,31+;24-,25-,27+,31+;21-,22-,24+,29+/m000/s1. The smallest absolute Gasteiger partial charge is 0.335 e. The summed E-state index contributed by atoms with van der Waals surface area (Å²) in [7, 11) is 0. The zero-order valence-corrected chi connectivity index (χ0v) is 70.6. The predicted molar refractivity (Wildman–Crippen MR) is 460 cm³/mol. The van der Waals surface area contributed by atoms with Gasteiger partial charge in [0.25, 0.3) is 0 Å². The zero-order chi connectivity index (χ0) is 86.2. The second kappa shape index (κ2) is 29.3. The van der Waals surface area contributed by atoms with Gasteiger partial charge < -0.3 is 46.1 Å². The molecular formula is C91H73Cl6F3N14O11. The van der Waals surface area contributed by atoms with Crippen LogP contribution < -0.4 is 35.9 Å². The van der Waals surface area contributed by atoms with Crippen molar-refractivity contribution < 1.29 is 66.4 Å². The summed E-state index contributed by atoms with van der Waals surface area (Å²) in [4.78, 5) is 89.7. The van der Waals surface area contributed by atoms with E-state index < -0.39 is 87.8 Å². The third-order valence-electron chi connectivity index (χ3n) is 27.8. The first kappa shape index (κ1) is 79.8. The number of nitrogens with two attached hydrogens (primary N) is 1. The summed E-state index contributed by atoms with van der Waals surface area (Å²) < 4.78 is 72.8. The number of carboxylic acid groups (broad SMARTS) is 2. The lowest BCUT2D eigenvalue weighted by Gasteiger charge is -2.40. The fourth-order valence-corrected chi connectivity index (χ4v) is 23.2. The van der Waals surface area contributed by atoms with Gasteiger partial charge in [0.05, 0.1) is 90.7 Å². The number of anilines is 3. The molecule has 0 radical (unpaired) electrons. The van der Waals surface area contributed by atoms with E-state index in [-0.39, 0.29) is 80.9 Å². The number of carbonyl (C=O) groups is 6. The fourth-order valence-electron chi connectivity index (χ4n) is 22.2. The molecule has 24 rings (SSSR count). The number of aromatic nitrogens is 7. The molecule has 8 aromatic carbocycles. The Morgan fingerprint density at radius 3 is 1.42 bits per heavy atom. The number of ether oxygens (including phenoxy) is 3. The van der Waals surface area contributed by atoms with Crippen molar-refractivity contribution in [3.8, 4) is 17.6 Å². The molecule has 4 amide bonds. The summed E-state index contributed by atoms with van der Waals surface area (Å²) in [5.41, 5.74) is 9.25. The van der Waals surface area contributed by atoms with Crippen LogP contribution in [0.3, 0.4) is 0 Å². The predicted octanol–water partition coefficient (Wildman–Crippen LogP) is 17.0. The summed E-state index contributed by atoms with van der Waals surface area (Å²) in [6.07, 6.45) is 8.31. The highest BCUT2D eigenvalue weighted by Gasteiger charge is 2.73. The van der Waals surface area contributed by atoms with Gasteiger partial charge in [-0.1, -0.05) is 112 Å². The molecule has 12 atom stereocenters. The van der Waals surface area contributed by atoms with E-state index in [0.717, 1.165) is 49.7 Å². The summed E-state index contributed by atoms with van der Waals surface area (Å²) in [6.45, 7) is 4.41. The Morgan fingerprint density at radius 1 is 0.480 bits per heavy atom. The van der Waals surface area contributed by atoms with Gasteiger partial charge in [-0.25, -0.2) is 41.8 Å². The Labute approximate surface area is 739 Å². The number of likely N-dealkylation sites (tertiary alicyclic amines) is 3. The lowest BCUT2D eigenvalue weighted by atomic mass is 9.73. The minimum absolute atomic E-state index is 0.0311. The molecular weight excluding hydrogens is 1730 g/mol. The molecule has 3 saturated carbocycles. The number of fused-ring (bicyclic) bond motifs is 21. The number of hydrogen-bond donors (Lipinski definition) is 6. The normalized spacial score (nSPS) is 26.4. The molecule has 3 spiro atoms. The van der Waals surface area contributed by atoms with Crippen molar-refractivity contribution in [3.63, 3.8) is 0 Å². The van der Waals surface area contributed by atoms with Crippen LogP contribution in [0.5, 0.6) is 17.6 Å². The van der Waals surface area contributed by atoms with E-state index in [1.165, 1.54) is 30.5 Å². The van der Waals surface area contributed by atoms with Crippen LogP contribution in [0.1, 0.15) is 151 Å². The Hall–Kier alpha value is -11.1. The van der Waals surface area contributed by atoms with Gasteiger partial charge in [0.1, 0.15) is 41.5 Å². The van der Waals surface area contributed by atoms with Gasteiger partial charge in [0, 0.05) is 110 Å². The molecule has 3 saturated heterocycles. The number of aromatic carboxylic acids is 2. The largest absolute Gasteiger partial charge is 0.478 e. The molecule has 6 fully saturated rings. The number of nitrogens with one attached hydrogen (secondary N) is 3. The Balaban J connectivity index is 0.000000111. The summed E-state index contributed by atoms with van der Waals surface area (Å²) in [5, 5.41) is 46.3. The number of hydrogen-bond acceptors (Lipinski definition) is 16. The number of primary amides is 1. The Bertz CT molecular complexity index is 6740. The first-order valence-corrected chi connectivity index (χ1v) is 43.6. The van der Waals surface area contributed by atoms with Crippen molar-refractivity contribution in [2.24, 2.45) is 23.5 Å². The van der Waals surface area contributed by atoms with Crippen molar-refractivity contribution in [1.82, 2.24) is 49.0 Å². The van der Waals surface area contributed by atoms with Crippen LogP contribution in [-0.2, 0) is 31.0 Å². The molecule has 34 heteroatoms. The number of pyridine rings is 1. The molecule has 0 bridgehead atoms. The maximum Gasteiger partial charge on any atom is 0.335 e. The van der Waals surface area contributed by atoms with Crippen LogP contribution in [0, 0.1) is 42.1 Å². The van der Waals surface area contributed by atoms with Gasteiger partial charge in [-0.15, -0.1) is 0 Å². The number of halogens is 9. The maximum atomic E-state index is 16.2. The molecule has 4 aromatic heterocycles. The van der Waals surface area contributed by atoms with Crippen LogP contribution in [0.2, 0.25) is 30.3 Å². The van der Waals surface area contributed by atoms with Crippen LogP contribution in [0.4, 0.5) is 30.2 Å². The highest BCUT2D eigenvalue weighted by atomic mass is 35.5. The first-order valence-electron chi connectivity index (χ1n) is 41.3. The fraction of sp³-hybridized carbons (Fsp3) is 0.319. The monoisotopic (exact) mass is 1800 g/mol. The number of carboxylic acids is 2. The van der Waals surface area contributed by atoms with E-state index >= 15 is 13.2 Å². The summed E-state index contributed by atoms with van der Waals surface area (Å²) in [5.74, 6) is -5.05. The van der Waals surface area contributed by atoms with Crippen molar-refractivity contribution in [2.45, 2.75) is 122 Å². The summed E-state index contributed by atoms with van der Waals surface area (Å²) >= 11 is 38.1. The van der Waals surface area contributed by atoms with E-state index in [9.17, 15) is 39.0 Å². The third kappa shape index (κ3) is 11.9. The number of rotatable bonds is 12. The van der Waals surface area contributed by atoms with Crippen LogP contribution in [0.25, 0.3) is 32.7 Å². The van der Waals surface area contributed by atoms with E-state index in [0.29, 0.717) is 161 Å². The van der Waals surface area contributed by atoms with Crippen molar-refractivity contribution in [2.75, 3.05) is 55.4 Å². The van der Waals surface area contributed by atoms with Crippen LogP contribution >= 0.6 is 69.6 Å². The SMILES string of the molecule is Cc1c(C(=O)O)ccc2nn3c(c12)OC[C@H]1[C@@H]3[C@H](c2cccc(Cl)c2F)[C@]2(C(=O)Nc3cc(Cl)ccc32)N1CC1CC1.NC(=O)c1ccc2c3n(nc2c1)[C@@H]1[C@H](CO3)N(CC2CC2)[C@@]2(C(=O)Nc3cc(Cl)ccc32)[C@H]1c1ccnc(Cl)c1F.O=C(O)c1ccc2nn3c(c2c1)OCC[C@H]1[C@@H]3[C@H](c2cccc(Cl)c2F)[C@]2(C(=O)Nc3cc(Cl)ccc32)N1CC1CC1. The number of benzene rings is 8. The van der Waals surface area contributed by atoms with Gasteiger partial charge in [-0.05, 0) is 189 Å². The molecule has 13 heterocycles. The van der Waals surface area contributed by atoms with Gasteiger partial charge in [0.15, 0.2) is 11.0 Å². The van der Waals surface area contributed by atoms with E-state index in [4.69, 9.17) is 105 Å². The first-order chi connectivity index (χ1) is 60.3. The minimum Gasteiger partial charge on any atom is -0.478 e. The number of aryl methyl sites for hydroxylation is 1. The lowest BCUT2D eigenvalue weighted by Crippen LogP contribution is -2.54. The molecule has 25 nitrogen and oxygen atoms in total. The average molecular weight is 1810 g/mol. The van der Waals surface area contributed by atoms with Crippen molar-refractivity contribution in [3.05, 3.63) is 255 Å². The average Bonchev–Trinajstić information content (AvgIpc) is 1.52. The van der Waals surface area contributed by atoms with Crippen LogP contribution in [-0.4, -0.2) is 152 Å². The quantitative estimate of drug-likeness (QED) is 0.0619. The highest BCUT2D eigenvalue weighted by molar-refractivity contribution is 6.33. The second-order valence-electron chi connectivity index (χ2n) is 34.5. The second-order valence-corrected chi connectivity index (χ2v) is 37.0. The topological polar surface area (TPSA) is 309 Å². The number of nitrogens with zero attached hydrogens (tertiary/aromatic N) is 10. The maximum absolute atomic E-state index is 16.2. The van der Waals surface area contributed by atoms with Gasteiger partial charge in [-0.2, -0.15) is 15.3 Å². The zero-order valence-electron chi connectivity index (χ0n) is 66.1. The third-order valence-corrected chi connectivity index (χ3v) is 29.4. The Morgan fingerprint density at radius 2 is 0.928 bits per heavy atom. The molecule has 12 aromatic rings. The molecule has 125 heavy (non-hydrogen) atoms. The van der Waals surface area contributed by atoms with Gasteiger partial charge in [0.2, 0.25) is 41.3 Å².